The molecule has 1 N–H and O–H groups in total. The van der Waals surface area contributed by atoms with Gasteiger partial charge in [0.2, 0.25) is 5.91 Å². The van der Waals surface area contributed by atoms with Crippen molar-refractivity contribution in [2.24, 2.45) is 5.10 Å². The van der Waals surface area contributed by atoms with Crippen molar-refractivity contribution in [1.29, 1.82) is 0 Å². The Balaban J connectivity index is 1.49. The fourth-order valence-corrected chi connectivity index (χ4v) is 4.56. The molecular formula is C21H23ClN4O2S. The van der Waals surface area contributed by atoms with Gasteiger partial charge in [0.15, 0.2) is 0 Å². The number of urea groups is 1. The minimum atomic E-state index is -0.236. The van der Waals surface area contributed by atoms with Gasteiger partial charge in [-0.25, -0.2) is 9.80 Å². The number of thiophene rings is 1. The molecule has 1 atom stereocenters. The maximum Gasteiger partial charge on any atom is 0.337 e. The summed E-state index contributed by atoms with van der Waals surface area (Å²) >= 11 is 7.70. The Bertz CT molecular complexity index is 898. The van der Waals surface area contributed by atoms with Crippen LogP contribution in [-0.2, 0) is 11.2 Å². The van der Waals surface area contributed by atoms with Gasteiger partial charge in [0, 0.05) is 35.0 Å². The Morgan fingerprint density at radius 1 is 1.24 bits per heavy atom. The molecule has 1 unspecified atom stereocenters. The van der Waals surface area contributed by atoms with Crippen LogP contribution < -0.4 is 5.32 Å². The summed E-state index contributed by atoms with van der Waals surface area (Å²) in [5.74, 6) is 0.128. The van der Waals surface area contributed by atoms with E-state index >= 15 is 0 Å². The second-order valence-electron chi connectivity index (χ2n) is 7.20. The Hall–Kier alpha value is -2.38. The van der Waals surface area contributed by atoms with Gasteiger partial charge in [0.25, 0.3) is 0 Å². The van der Waals surface area contributed by atoms with E-state index in [9.17, 15) is 9.59 Å². The number of hydrogen-bond donors (Lipinski definition) is 1. The molecule has 4 rings (SSSR count). The second kappa shape index (κ2) is 8.97. The predicted octanol–water partition coefficient (Wildman–Crippen LogP) is 3.75. The van der Waals surface area contributed by atoms with Crippen LogP contribution in [0.2, 0.25) is 5.02 Å². The first-order chi connectivity index (χ1) is 14.1. The van der Waals surface area contributed by atoms with E-state index < -0.39 is 0 Å². The molecule has 1 saturated heterocycles. The molecule has 3 heterocycles. The minimum absolute atomic E-state index is 0.128. The van der Waals surface area contributed by atoms with Crippen molar-refractivity contribution in [2.75, 3.05) is 19.6 Å². The van der Waals surface area contributed by atoms with Crippen LogP contribution in [0.15, 0.2) is 46.9 Å². The first-order valence-electron chi connectivity index (χ1n) is 9.83. The van der Waals surface area contributed by atoms with Crippen molar-refractivity contribution in [1.82, 2.24) is 15.2 Å². The largest absolute Gasteiger partial charge is 0.337 e. The van der Waals surface area contributed by atoms with Crippen LogP contribution >= 0.6 is 22.9 Å². The number of likely N-dealkylation sites (tertiary alicyclic amines) is 1. The molecule has 6 nitrogen and oxygen atoms in total. The van der Waals surface area contributed by atoms with E-state index in [0.717, 1.165) is 30.5 Å². The van der Waals surface area contributed by atoms with Gasteiger partial charge in [-0.1, -0.05) is 29.8 Å². The van der Waals surface area contributed by atoms with E-state index in [2.05, 4.69) is 16.5 Å². The van der Waals surface area contributed by atoms with E-state index in [1.807, 2.05) is 28.5 Å². The van der Waals surface area contributed by atoms with Gasteiger partial charge in [-0.3, -0.25) is 4.79 Å². The summed E-state index contributed by atoms with van der Waals surface area (Å²) in [6, 6.07) is 11.0. The predicted molar refractivity (Wildman–Crippen MR) is 115 cm³/mol. The summed E-state index contributed by atoms with van der Waals surface area (Å²) in [5.41, 5.74) is 1.62. The van der Waals surface area contributed by atoms with Gasteiger partial charge in [-0.2, -0.15) is 5.10 Å². The number of carbonyl (C=O) groups is 2. The Morgan fingerprint density at radius 2 is 2.07 bits per heavy atom. The van der Waals surface area contributed by atoms with Gasteiger partial charge in [-0.05, 0) is 42.8 Å². The molecule has 0 bridgehead atoms. The summed E-state index contributed by atoms with van der Waals surface area (Å²) in [6.45, 7) is 1.62. The highest BCUT2D eigenvalue weighted by atomic mass is 35.5. The third-order valence-electron chi connectivity index (χ3n) is 5.23. The van der Waals surface area contributed by atoms with Crippen molar-refractivity contribution in [3.63, 3.8) is 0 Å². The lowest BCUT2D eigenvalue weighted by Crippen LogP contribution is -2.50. The zero-order valence-corrected chi connectivity index (χ0v) is 17.6. The number of rotatable bonds is 5. The third kappa shape index (κ3) is 4.62. The fraction of sp³-hybridized carbons (Fsp3) is 0.381. The van der Waals surface area contributed by atoms with Gasteiger partial charge in [-0.15, -0.1) is 11.3 Å². The van der Waals surface area contributed by atoms with Crippen molar-refractivity contribution < 1.29 is 9.59 Å². The third-order valence-corrected chi connectivity index (χ3v) is 6.42. The molecule has 1 aromatic heterocycles. The normalized spacial score (nSPS) is 19.4. The molecule has 2 aromatic rings. The van der Waals surface area contributed by atoms with Crippen molar-refractivity contribution in [3.8, 4) is 0 Å². The zero-order valence-electron chi connectivity index (χ0n) is 16.0. The minimum Gasteiger partial charge on any atom is -0.336 e. The van der Waals surface area contributed by atoms with Gasteiger partial charge < -0.3 is 10.2 Å². The number of nitrogens with one attached hydrogen (secondary N) is 1. The number of carbonyl (C=O) groups excluding carboxylic acids is 2. The Kier molecular flexibility index (Phi) is 6.16. The summed E-state index contributed by atoms with van der Waals surface area (Å²) in [5, 5.41) is 11.7. The monoisotopic (exact) mass is 430 g/mol. The number of halogens is 1. The summed E-state index contributed by atoms with van der Waals surface area (Å²) in [7, 11) is 0. The maximum absolute atomic E-state index is 12.7. The molecule has 0 saturated carbocycles. The second-order valence-corrected chi connectivity index (χ2v) is 8.66. The van der Waals surface area contributed by atoms with Crippen LogP contribution in [0.1, 0.15) is 29.7 Å². The lowest BCUT2D eigenvalue weighted by atomic mass is 10.00. The van der Waals surface area contributed by atoms with Crippen LogP contribution in [0.3, 0.4) is 0 Å². The quantitative estimate of drug-likeness (QED) is 0.784. The van der Waals surface area contributed by atoms with E-state index in [-0.39, 0.29) is 18.0 Å². The lowest BCUT2D eigenvalue weighted by Gasteiger charge is -2.33. The molecule has 1 aromatic carbocycles. The first-order valence-corrected chi connectivity index (χ1v) is 11.1. The summed E-state index contributed by atoms with van der Waals surface area (Å²) in [4.78, 5) is 28.3. The molecule has 0 spiro atoms. The van der Waals surface area contributed by atoms with E-state index in [1.165, 1.54) is 9.89 Å². The molecule has 8 heteroatoms. The SMILES string of the molecule is O=C(NCCc1cccs1)N1CC(N2CCCCC2=O)C(c2ccc(Cl)cc2)=N1. The summed E-state index contributed by atoms with van der Waals surface area (Å²) in [6.07, 6.45) is 3.24. The van der Waals surface area contributed by atoms with Crippen LogP contribution in [-0.4, -0.2) is 53.2 Å². The van der Waals surface area contributed by atoms with E-state index in [1.54, 1.807) is 23.5 Å². The first kappa shape index (κ1) is 19.9. The van der Waals surface area contributed by atoms with E-state index in [4.69, 9.17) is 11.6 Å². The van der Waals surface area contributed by atoms with Crippen LogP contribution in [0.5, 0.6) is 0 Å². The highest BCUT2D eigenvalue weighted by molar-refractivity contribution is 7.09. The number of piperidine rings is 1. The highest BCUT2D eigenvalue weighted by Gasteiger charge is 2.38. The number of amides is 3. The molecular weight excluding hydrogens is 408 g/mol. The number of hydrazone groups is 1. The number of benzene rings is 1. The average molecular weight is 431 g/mol. The number of hydrogen-bond acceptors (Lipinski definition) is 4. The summed E-state index contributed by atoms with van der Waals surface area (Å²) < 4.78 is 0. The Morgan fingerprint density at radius 3 is 2.79 bits per heavy atom. The molecule has 152 valence electrons. The molecule has 0 aliphatic carbocycles. The van der Waals surface area contributed by atoms with E-state index in [0.29, 0.717) is 31.1 Å². The van der Waals surface area contributed by atoms with Crippen LogP contribution in [0, 0.1) is 0 Å². The zero-order chi connectivity index (χ0) is 20.2. The maximum atomic E-state index is 12.7. The average Bonchev–Trinajstić information content (AvgIpc) is 3.39. The molecule has 1 fully saturated rings. The van der Waals surface area contributed by atoms with Crippen LogP contribution in [0.25, 0.3) is 0 Å². The topological polar surface area (TPSA) is 65.0 Å². The number of nitrogens with zero attached hydrogens (tertiary/aromatic N) is 3. The molecule has 29 heavy (non-hydrogen) atoms. The fourth-order valence-electron chi connectivity index (χ4n) is 3.73. The van der Waals surface area contributed by atoms with Crippen LogP contribution in [0.4, 0.5) is 4.79 Å². The molecule has 3 amide bonds. The van der Waals surface area contributed by atoms with Crippen molar-refractivity contribution in [2.45, 2.75) is 31.7 Å². The van der Waals surface area contributed by atoms with Gasteiger partial charge in [0.05, 0.1) is 18.3 Å². The highest BCUT2D eigenvalue weighted by Crippen LogP contribution is 2.24. The molecule has 2 aliphatic heterocycles. The molecule has 2 aliphatic rings. The Labute approximate surface area is 179 Å². The lowest BCUT2D eigenvalue weighted by molar-refractivity contribution is -0.134. The van der Waals surface area contributed by atoms with Gasteiger partial charge in [0.1, 0.15) is 0 Å². The molecule has 0 radical (unpaired) electrons. The van der Waals surface area contributed by atoms with Crippen molar-refractivity contribution >= 4 is 40.6 Å². The van der Waals surface area contributed by atoms with Gasteiger partial charge >= 0.3 is 6.03 Å². The standard InChI is InChI=1S/C21H23ClN4O2S/c22-16-8-6-15(7-9-16)20-18(25-12-2-1-5-19(25)27)14-26(24-20)21(28)23-11-10-17-4-3-13-29-17/h3-4,6-9,13,18H,1-2,5,10-12,14H2,(H,23,28). The van der Waals surface area contributed by atoms with Crippen molar-refractivity contribution in [3.05, 3.63) is 57.2 Å². The smallest absolute Gasteiger partial charge is 0.336 e.